The van der Waals surface area contributed by atoms with Crippen molar-refractivity contribution in [1.29, 1.82) is 0 Å². The monoisotopic (exact) mass is 379 g/mol. The Bertz CT molecular complexity index is 980. The van der Waals surface area contributed by atoms with E-state index in [-0.39, 0.29) is 44.3 Å². The molecular weight excluding hydrogens is 369 g/mol. The van der Waals surface area contributed by atoms with Crippen molar-refractivity contribution < 1.29 is 18.7 Å². The van der Waals surface area contributed by atoms with Gasteiger partial charge in [0.1, 0.15) is 0 Å². The highest BCUT2D eigenvalue weighted by Crippen LogP contribution is 2.32. The number of aromatic nitrogens is 2. The third kappa shape index (κ3) is 3.16. The second kappa shape index (κ2) is 6.70. The van der Waals surface area contributed by atoms with E-state index in [0.717, 1.165) is 0 Å². The van der Waals surface area contributed by atoms with Gasteiger partial charge in [-0.1, -0.05) is 23.2 Å². The molecule has 1 N–H and O–H groups in total. The highest BCUT2D eigenvalue weighted by Gasteiger charge is 2.21. The molecule has 128 valence electrons. The van der Waals surface area contributed by atoms with Crippen molar-refractivity contribution >= 4 is 51.5 Å². The van der Waals surface area contributed by atoms with Crippen molar-refractivity contribution in [2.75, 3.05) is 12.4 Å². The Kier molecular flexibility index (Phi) is 4.61. The Morgan fingerprint density at radius 3 is 2.48 bits per heavy atom. The molecule has 0 aliphatic rings. The molecule has 0 atom stereocenters. The summed E-state index contributed by atoms with van der Waals surface area (Å²) in [5, 5.41) is 3.38. The minimum absolute atomic E-state index is 0.0929. The van der Waals surface area contributed by atoms with Gasteiger partial charge in [-0.25, -0.2) is 4.98 Å². The number of fused-ring (bicyclic) bond motifs is 1. The second-order valence-electron chi connectivity index (χ2n) is 5.02. The van der Waals surface area contributed by atoms with Gasteiger partial charge in [0.25, 0.3) is 11.8 Å². The summed E-state index contributed by atoms with van der Waals surface area (Å²) in [5.74, 6) is -0.551. The first kappa shape index (κ1) is 17.2. The molecule has 9 heteroatoms. The zero-order chi connectivity index (χ0) is 18.1. The Morgan fingerprint density at radius 2 is 1.88 bits per heavy atom. The van der Waals surface area contributed by atoms with Gasteiger partial charge in [-0.3, -0.25) is 14.6 Å². The summed E-state index contributed by atoms with van der Waals surface area (Å²) in [5.41, 5.74) is 0.603. The molecule has 3 rings (SSSR count). The van der Waals surface area contributed by atoms with E-state index >= 15 is 0 Å². The van der Waals surface area contributed by atoms with Crippen LogP contribution in [0.5, 0.6) is 5.88 Å². The maximum Gasteiger partial charge on any atom is 0.258 e. The molecule has 0 saturated heterocycles. The van der Waals surface area contributed by atoms with Crippen LogP contribution in [-0.4, -0.2) is 28.8 Å². The molecule has 1 amide bonds. The standard InChI is InChI=1S/C16H11Cl2N3O4/c1-7(22)12-3-8-9(4-20-16(24-2)14(8)25-12)15(23)21-13-10(17)5-19-6-11(13)18/h3-6H,1-2H3,(H,19,21,23). The van der Waals surface area contributed by atoms with Gasteiger partial charge in [0.15, 0.2) is 17.1 Å². The fourth-order valence-electron chi connectivity index (χ4n) is 2.21. The molecule has 25 heavy (non-hydrogen) atoms. The molecular formula is C16H11Cl2N3O4. The molecule has 0 aliphatic carbocycles. The highest BCUT2D eigenvalue weighted by molar-refractivity contribution is 6.39. The number of nitrogens with one attached hydrogen (secondary N) is 1. The molecule has 0 unspecified atom stereocenters. The third-order valence-electron chi connectivity index (χ3n) is 3.40. The van der Waals surface area contributed by atoms with Crippen LogP contribution in [0.4, 0.5) is 5.69 Å². The first-order valence-corrected chi connectivity index (χ1v) is 7.75. The van der Waals surface area contributed by atoms with Gasteiger partial charge >= 0.3 is 0 Å². The number of nitrogens with zero attached hydrogens (tertiary/aromatic N) is 2. The van der Waals surface area contributed by atoms with Crippen molar-refractivity contribution in [3.8, 4) is 5.88 Å². The topological polar surface area (TPSA) is 94.3 Å². The van der Waals surface area contributed by atoms with E-state index in [9.17, 15) is 9.59 Å². The number of Topliss-reactive ketones (excluding diaryl/α,β-unsaturated/α-hetero) is 1. The Hall–Kier alpha value is -2.64. The van der Waals surface area contributed by atoms with E-state index in [1.165, 1.54) is 38.7 Å². The predicted octanol–water partition coefficient (Wildman–Crippen LogP) is 3.99. The summed E-state index contributed by atoms with van der Waals surface area (Å²) in [6.45, 7) is 1.36. The number of ketones is 1. The van der Waals surface area contributed by atoms with Gasteiger partial charge in [-0.05, 0) is 6.07 Å². The van der Waals surface area contributed by atoms with Crippen LogP contribution in [0.1, 0.15) is 27.8 Å². The summed E-state index contributed by atoms with van der Waals surface area (Å²) < 4.78 is 10.6. The lowest BCUT2D eigenvalue weighted by atomic mass is 10.1. The van der Waals surface area contributed by atoms with Gasteiger partial charge in [0.05, 0.1) is 28.4 Å². The predicted molar refractivity (Wildman–Crippen MR) is 92.8 cm³/mol. The van der Waals surface area contributed by atoms with E-state index in [4.69, 9.17) is 32.4 Å². The van der Waals surface area contributed by atoms with Crippen molar-refractivity contribution in [2.24, 2.45) is 0 Å². The summed E-state index contributed by atoms with van der Waals surface area (Å²) in [6, 6.07) is 1.46. The van der Waals surface area contributed by atoms with Crippen LogP contribution in [0.3, 0.4) is 0 Å². The number of furan rings is 1. The van der Waals surface area contributed by atoms with Crippen LogP contribution < -0.4 is 10.1 Å². The van der Waals surface area contributed by atoms with Crippen molar-refractivity contribution in [2.45, 2.75) is 6.92 Å². The molecule has 7 nitrogen and oxygen atoms in total. The number of anilines is 1. The minimum Gasteiger partial charge on any atom is -0.478 e. The number of hydrogen-bond donors (Lipinski definition) is 1. The van der Waals surface area contributed by atoms with E-state index in [1.54, 1.807) is 0 Å². The Labute approximate surface area is 151 Å². The second-order valence-corrected chi connectivity index (χ2v) is 5.84. The van der Waals surface area contributed by atoms with E-state index < -0.39 is 5.91 Å². The first-order valence-electron chi connectivity index (χ1n) is 7.00. The smallest absolute Gasteiger partial charge is 0.258 e. The number of pyridine rings is 2. The van der Waals surface area contributed by atoms with Crippen molar-refractivity contribution in [3.05, 3.63) is 46.0 Å². The van der Waals surface area contributed by atoms with Crippen LogP contribution >= 0.6 is 23.2 Å². The Balaban J connectivity index is 2.09. The average molecular weight is 380 g/mol. The number of ether oxygens (including phenoxy) is 1. The molecule has 3 aromatic rings. The van der Waals surface area contributed by atoms with Crippen LogP contribution in [-0.2, 0) is 0 Å². The molecule has 3 aromatic heterocycles. The van der Waals surface area contributed by atoms with Crippen LogP contribution in [0, 0.1) is 0 Å². The number of carbonyl (C=O) groups excluding carboxylic acids is 2. The quantitative estimate of drug-likeness (QED) is 0.688. The lowest BCUT2D eigenvalue weighted by Gasteiger charge is -2.09. The lowest BCUT2D eigenvalue weighted by molar-refractivity contribution is 0.0987. The number of halogens is 2. The molecule has 0 aliphatic heterocycles. The van der Waals surface area contributed by atoms with Gasteiger partial charge in [-0.2, -0.15) is 0 Å². The van der Waals surface area contributed by atoms with Gasteiger partial charge in [0.2, 0.25) is 0 Å². The van der Waals surface area contributed by atoms with Crippen LogP contribution in [0.25, 0.3) is 11.0 Å². The van der Waals surface area contributed by atoms with Crippen molar-refractivity contribution in [3.63, 3.8) is 0 Å². The fraction of sp³-hybridized carbons (Fsp3) is 0.125. The lowest BCUT2D eigenvalue weighted by Crippen LogP contribution is -2.13. The molecule has 0 saturated carbocycles. The normalized spacial score (nSPS) is 10.7. The molecule has 0 aromatic carbocycles. The van der Waals surface area contributed by atoms with Gasteiger partial charge < -0.3 is 14.5 Å². The fourth-order valence-corrected chi connectivity index (χ4v) is 2.67. The maximum absolute atomic E-state index is 12.7. The van der Waals surface area contributed by atoms with E-state index in [2.05, 4.69) is 15.3 Å². The summed E-state index contributed by atoms with van der Waals surface area (Å²) >= 11 is 12.0. The summed E-state index contributed by atoms with van der Waals surface area (Å²) in [6.07, 6.45) is 4.03. The largest absolute Gasteiger partial charge is 0.478 e. The number of carbonyl (C=O) groups is 2. The molecule has 0 fully saturated rings. The maximum atomic E-state index is 12.7. The molecule has 3 heterocycles. The molecule has 0 spiro atoms. The zero-order valence-corrected chi connectivity index (χ0v) is 14.6. The average Bonchev–Trinajstić information content (AvgIpc) is 3.02. The summed E-state index contributed by atoms with van der Waals surface area (Å²) in [7, 11) is 1.41. The van der Waals surface area contributed by atoms with E-state index in [1.807, 2.05) is 0 Å². The number of rotatable bonds is 4. The minimum atomic E-state index is -0.522. The highest BCUT2D eigenvalue weighted by atomic mass is 35.5. The molecule has 0 bridgehead atoms. The zero-order valence-electron chi connectivity index (χ0n) is 13.1. The van der Waals surface area contributed by atoms with Crippen LogP contribution in [0.2, 0.25) is 10.0 Å². The van der Waals surface area contributed by atoms with Crippen LogP contribution in [0.15, 0.2) is 29.1 Å². The first-order chi connectivity index (χ1) is 11.9. The van der Waals surface area contributed by atoms with E-state index in [0.29, 0.717) is 5.39 Å². The molecule has 0 radical (unpaired) electrons. The SMILES string of the molecule is COc1ncc(C(=O)Nc2c(Cl)cncc2Cl)c2cc(C(C)=O)oc12. The van der Waals surface area contributed by atoms with Crippen molar-refractivity contribution in [1.82, 2.24) is 9.97 Å². The van der Waals surface area contributed by atoms with Gasteiger partial charge in [-0.15, -0.1) is 0 Å². The number of hydrogen-bond acceptors (Lipinski definition) is 6. The Morgan fingerprint density at radius 1 is 1.20 bits per heavy atom. The number of amides is 1. The van der Waals surface area contributed by atoms with Gasteiger partial charge in [0, 0.05) is 30.9 Å². The summed E-state index contributed by atoms with van der Waals surface area (Å²) in [4.78, 5) is 32.1. The number of methoxy groups -OCH3 is 1. The third-order valence-corrected chi connectivity index (χ3v) is 3.98.